The van der Waals surface area contributed by atoms with Crippen LogP contribution in [0.2, 0.25) is 5.02 Å². The van der Waals surface area contributed by atoms with E-state index in [1.807, 2.05) is 0 Å². The summed E-state index contributed by atoms with van der Waals surface area (Å²) in [5.74, 6) is -0.361. The summed E-state index contributed by atoms with van der Waals surface area (Å²) in [6.45, 7) is 8.97. The summed E-state index contributed by atoms with van der Waals surface area (Å²) >= 11 is 6.10. The van der Waals surface area contributed by atoms with Crippen LogP contribution >= 0.6 is 11.6 Å². The lowest BCUT2D eigenvalue weighted by atomic mass is 9.88. The molecule has 0 radical (unpaired) electrons. The summed E-state index contributed by atoms with van der Waals surface area (Å²) in [6, 6.07) is 18.1. The van der Waals surface area contributed by atoms with Crippen LogP contribution in [0.5, 0.6) is 0 Å². The number of aromatic nitrogens is 2. The molecule has 0 bridgehead atoms. The molecule has 1 heterocycles. The molecule has 0 spiro atoms. The number of aryl methyl sites for hydroxylation is 3. The summed E-state index contributed by atoms with van der Waals surface area (Å²) in [5.41, 5.74) is -3.87. The maximum absolute atomic E-state index is 14.2. The third-order valence-corrected chi connectivity index (χ3v) is 9.50. The van der Waals surface area contributed by atoms with Gasteiger partial charge in [0.25, 0.3) is 0 Å². The highest BCUT2D eigenvalue weighted by Gasteiger charge is 2.62. The predicted molar refractivity (Wildman–Crippen MR) is 188 cm³/mol. The molecule has 7 rings (SSSR count). The van der Waals surface area contributed by atoms with Crippen LogP contribution < -0.4 is 0 Å². The predicted octanol–water partition coefficient (Wildman–Crippen LogP) is 9.80. The number of alkyl halides is 6. The fraction of sp³-hybridized carbons (Fsp3) is 0.300. The first kappa shape index (κ1) is 38.1. The summed E-state index contributed by atoms with van der Waals surface area (Å²) in [7, 11) is 0. The number of benzene rings is 4. The quantitative estimate of drug-likeness (QED) is 0.141. The van der Waals surface area contributed by atoms with Crippen LogP contribution in [0, 0.1) is 13.8 Å². The van der Waals surface area contributed by atoms with Crippen molar-refractivity contribution < 1.29 is 46.1 Å². The molecule has 2 aliphatic rings. The second kappa shape index (κ2) is 13.0. The molecule has 2 aliphatic carbocycles. The van der Waals surface area contributed by atoms with Gasteiger partial charge in [-0.15, -0.1) is 0 Å². The normalized spacial score (nSPS) is 18.8. The van der Waals surface area contributed by atoms with Gasteiger partial charge in [-0.05, 0) is 68.5 Å². The van der Waals surface area contributed by atoms with Crippen molar-refractivity contribution in [1.29, 1.82) is 0 Å². The molecule has 0 fully saturated rings. The Kier molecular flexibility index (Phi) is 9.36. The molecular weight excluding hydrogens is 722 g/mol. The van der Waals surface area contributed by atoms with Gasteiger partial charge in [-0.25, -0.2) is 0 Å². The minimum Gasteiger partial charge on any atom is -0.460 e. The van der Waals surface area contributed by atoms with Crippen LogP contribution in [0.4, 0.5) is 26.3 Å². The topological polar surface area (TPSA) is 84.6 Å². The maximum Gasteiger partial charge on any atom is 0.425 e. The van der Waals surface area contributed by atoms with Gasteiger partial charge in [0, 0.05) is 44.6 Å². The van der Waals surface area contributed by atoms with Crippen LogP contribution in [-0.4, -0.2) is 43.9 Å². The van der Waals surface area contributed by atoms with Gasteiger partial charge in [0.15, 0.2) is 0 Å². The molecule has 4 aromatic carbocycles. The van der Waals surface area contributed by atoms with Crippen molar-refractivity contribution in [1.82, 2.24) is 9.78 Å². The van der Waals surface area contributed by atoms with Crippen molar-refractivity contribution in [2.45, 2.75) is 76.7 Å². The number of halogens is 7. The Morgan fingerprint density at radius 2 is 1.25 bits per heavy atom. The lowest BCUT2D eigenvalue weighted by molar-refractivity contribution is -0.247. The van der Waals surface area contributed by atoms with E-state index in [2.05, 4.69) is 5.10 Å². The van der Waals surface area contributed by atoms with E-state index in [-0.39, 0.29) is 51.8 Å². The average Bonchev–Trinajstić information content (AvgIpc) is 3.71. The second-order valence-electron chi connectivity index (χ2n) is 14.2. The molecule has 6 nitrogen and oxygen atoms in total. The number of hydrogen-bond acceptors (Lipinski definition) is 5. The highest BCUT2D eigenvalue weighted by molar-refractivity contribution is 6.34. The molecular formula is C40H35ClF6N2O4. The Bertz CT molecular complexity index is 2240. The molecule has 2 unspecified atom stereocenters. The standard InChI is InChI=1S/C25H25F3N2O3.C15H10ClF3O/c1-15-11-18(16-13-29-30(14-16)10-9-21(31)33-23(2,3)4)22-17-7-5-6-8-19(17)24(32,20(22)12-15)25(26,27)28;1-8-6-11-13(12(16)7-8)9-4-2-3-5-10(9)14(11,20)15(17,18)19/h5-8,11-14,32H,9-10H2,1-4H3;2-7,20H,1H3. The zero-order valence-corrected chi connectivity index (χ0v) is 30.0. The molecule has 5 aromatic rings. The van der Waals surface area contributed by atoms with E-state index in [0.29, 0.717) is 38.9 Å². The highest BCUT2D eigenvalue weighted by Crippen LogP contribution is 2.58. The molecule has 0 saturated carbocycles. The number of rotatable bonds is 4. The van der Waals surface area contributed by atoms with Crippen molar-refractivity contribution in [2.75, 3.05) is 0 Å². The first-order chi connectivity index (χ1) is 24.6. The minimum atomic E-state index is -4.89. The first-order valence-corrected chi connectivity index (χ1v) is 16.9. The van der Waals surface area contributed by atoms with Crippen molar-refractivity contribution in [3.8, 4) is 33.4 Å². The van der Waals surface area contributed by atoms with Crippen molar-refractivity contribution in [3.05, 3.63) is 124 Å². The van der Waals surface area contributed by atoms with Gasteiger partial charge in [-0.1, -0.05) is 83.9 Å². The fourth-order valence-corrected chi connectivity index (χ4v) is 7.42. The summed E-state index contributed by atoms with van der Waals surface area (Å²) < 4.78 is 89.8. The van der Waals surface area contributed by atoms with E-state index < -0.39 is 29.2 Å². The van der Waals surface area contributed by atoms with Gasteiger partial charge in [0.1, 0.15) is 5.60 Å². The van der Waals surface area contributed by atoms with Gasteiger partial charge in [0.2, 0.25) is 11.2 Å². The number of carbonyl (C=O) groups excluding carboxylic acids is 1. The number of esters is 1. The van der Waals surface area contributed by atoms with Crippen LogP contribution in [0.3, 0.4) is 0 Å². The largest absolute Gasteiger partial charge is 0.460 e. The van der Waals surface area contributed by atoms with Crippen LogP contribution in [-0.2, 0) is 27.3 Å². The Hall–Kier alpha value is -4.65. The molecule has 0 amide bonds. The molecule has 1 aromatic heterocycles. The van der Waals surface area contributed by atoms with Gasteiger partial charge < -0.3 is 14.9 Å². The number of ether oxygens (including phenoxy) is 1. The van der Waals surface area contributed by atoms with E-state index in [1.165, 1.54) is 36.4 Å². The SMILES string of the molecule is Cc1cc(-c2cnn(CCC(=O)OC(C)(C)C)c2)c2c(c1)C(O)(C(F)(F)F)c1ccccc1-2.Cc1cc(Cl)c2c(c1)C(O)(C(F)(F)F)c1ccccc1-2. The van der Waals surface area contributed by atoms with Gasteiger partial charge in [0.05, 0.1) is 19.2 Å². The van der Waals surface area contributed by atoms with Crippen molar-refractivity contribution in [3.63, 3.8) is 0 Å². The number of hydrogen-bond donors (Lipinski definition) is 2. The summed E-state index contributed by atoms with van der Waals surface area (Å²) in [6.07, 6.45) is -6.35. The third-order valence-electron chi connectivity index (χ3n) is 9.20. The molecule has 278 valence electrons. The van der Waals surface area contributed by atoms with Crippen molar-refractivity contribution in [2.24, 2.45) is 0 Å². The van der Waals surface area contributed by atoms with Crippen LogP contribution in [0.15, 0.2) is 85.2 Å². The van der Waals surface area contributed by atoms with Crippen LogP contribution in [0.25, 0.3) is 33.4 Å². The van der Waals surface area contributed by atoms with E-state index in [1.54, 1.807) is 88.1 Å². The van der Waals surface area contributed by atoms with Crippen molar-refractivity contribution >= 4 is 17.6 Å². The van der Waals surface area contributed by atoms with Gasteiger partial charge in [-0.2, -0.15) is 31.4 Å². The fourth-order valence-electron chi connectivity index (χ4n) is 7.05. The third kappa shape index (κ3) is 6.51. The number of fused-ring (bicyclic) bond motifs is 6. The minimum absolute atomic E-state index is 0.112. The Balaban J connectivity index is 0.000000204. The van der Waals surface area contributed by atoms with Gasteiger partial charge in [-0.3, -0.25) is 9.48 Å². The van der Waals surface area contributed by atoms with E-state index in [9.17, 15) is 41.4 Å². The molecule has 0 saturated heterocycles. The van der Waals surface area contributed by atoms with E-state index >= 15 is 0 Å². The highest BCUT2D eigenvalue weighted by atomic mass is 35.5. The molecule has 0 aliphatic heterocycles. The summed E-state index contributed by atoms with van der Waals surface area (Å²) in [4.78, 5) is 12.0. The summed E-state index contributed by atoms with van der Waals surface area (Å²) in [5, 5.41) is 25.9. The second-order valence-corrected chi connectivity index (χ2v) is 14.6. The molecule has 13 heteroatoms. The van der Waals surface area contributed by atoms with Crippen LogP contribution in [0.1, 0.15) is 60.6 Å². The Morgan fingerprint density at radius 1 is 0.755 bits per heavy atom. The Labute approximate surface area is 306 Å². The zero-order chi connectivity index (χ0) is 38.9. The number of carbonyl (C=O) groups is 1. The molecule has 53 heavy (non-hydrogen) atoms. The van der Waals surface area contributed by atoms with E-state index in [4.69, 9.17) is 16.3 Å². The number of aliphatic hydroxyl groups is 2. The molecule has 2 atom stereocenters. The lowest BCUT2D eigenvalue weighted by Crippen LogP contribution is -2.41. The average molecular weight is 757 g/mol. The monoisotopic (exact) mass is 756 g/mol. The Morgan fingerprint density at radius 3 is 1.77 bits per heavy atom. The maximum atomic E-state index is 14.2. The lowest BCUT2D eigenvalue weighted by Gasteiger charge is -2.28. The molecule has 2 N–H and O–H groups in total. The van der Waals surface area contributed by atoms with Gasteiger partial charge >= 0.3 is 18.3 Å². The first-order valence-electron chi connectivity index (χ1n) is 16.6. The smallest absolute Gasteiger partial charge is 0.425 e. The van der Waals surface area contributed by atoms with E-state index in [0.717, 1.165) is 0 Å². The number of nitrogens with zero attached hydrogens (tertiary/aromatic N) is 2. The zero-order valence-electron chi connectivity index (χ0n) is 29.2.